The lowest BCUT2D eigenvalue weighted by atomic mass is 9.95. The highest BCUT2D eigenvalue weighted by Gasteiger charge is 2.21. The molecule has 1 fully saturated rings. The van der Waals surface area contributed by atoms with Gasteiger partial charge in [0.15, 0.2) is 0 Å². The van der Waals surface area contributed by atoms with Gasteiger partial charge < -0.3 is 10.2 Å². The van der Waals surface area contributed by atoms with Gasteiger partial charge in [0.2, 0.25) is 0 Å². The summed E-state index contributed by atoms with van der Waals surface area (Å²) in [6.07, 6.45) is 7.58. The largest absolute Gasteiger partial charge is 0.367 e. The van der Waals surface area contributed by atoms with Crippen molar-refractivity contribution in [1.29, 1.82) is 0 Å². The Kier molecular flexibility index (Phi) is 5.67. The van der Waals surface area contributed by atoms with Crippen LogP contribution in [-0.4, -0.2) is 22.6 Å². The van der Waals surface area contributed by atoms with E-state index >= 15 is 0 Å². The van der Waals surface area contributed by atoms with Crippen LogP contribution in [0.3, 0.4) is 0 Å². The first kappa shape index (κ1) is 18.7. The molecule has 0 bridgehead atoms. The number of nitrogens with zero attached hydrogens (tertiary/aromatic N) is 3. The second-order valence-electron chi connectivity index (χ2n) is 8.19. The number of rotatable bonds is 4. The summed E-state index contributed by atoms with van der Waals surface area (Å²) in [6, 6.07) is 9.34. The SMILES string of the molecule is CC(C)c1nc(NC2CCCCC2)cc(N2CCc3cc(Br)ccc3C2)n1. The van der Waals surface area contributed by atoms with E-state index in [2.05, 4.69) is 64.3 Å². The zero-order chi connectivity index (χ0) is 18.8. The van der Waals surface area contributed by atoms with Crippen molar-refractivity contribution < 1.29 is 0 Å². The standard InChI is InChI=1S/C22H29BrN4/c1-15(2)22-25-20(24-19-6-4-3-5-7-19)13-21(26-22)27-11-10-16-12-18(23)9-8-17(16)14-27/h8-9,12-13,15,19H,3-7,10-11,14H2,1-2H3,(H,24,25,26). The van der Waals surface area contributed by atoms with E-state index in [0.29, 0.717) is 12.0 Å². The predicted molar refractivity (Wildman–Crippen MR) is 116 cm³/mol. The van der Waals surface area contributed by atoms with E-state index in [9.17, 15) is 0 Å². The molecule has 2 aromatic rings. The van der Waals surface area contributed by atoms with Crippen LogP contribution in [0.2, 0.25) is 0 Å². The molecule has 4 rings (SSSR count). The third-order valence-corrected chi connectivity index (χ3v) is 6.20. The number of benzene rings is 1. The van der Waals surface area contributed by atoms with Crippen molar-refractivity contribution in [2.45, 2.75) is 70.9 Å². The first-order valence-corrected chi connectivity index (χ1v) is 11.1. The Labute approximate surface area is 170 Å². The van der Waals surface area contributed by atoms with Gasteiger partial charge in [-0.1, -0.05) is 55.1 Å². The van der Waals surface area contributed by atoms with E-state index in [1.807, 2.05) is 0 Å². The second-order valence-corrected chi connectivity index (χ2v) is 9.10. The lowest BCUT2D eigenvalue weighted by Gasteiger charge is -2.31. The molecule has 1 N–H and O–H groups in total. The lowest BCUT2D eigenvalue weighted by molar-refractivity contribution is 0.461. The normalized spacial score (nSPS) is 17.9. The van der Waals surface area contributed by atoms with Gasteiger partial charge in [-0.25, -0.2) is 9.97 Å². The van der Waals surface area contributed by atoms with Crippen LogP contribution in [0, 0.1) is 0 Å². The average Bonchev–Trinajstić information content (AvgIpc) is 2.68. The second kappa shape index (κ2) is 8.17. The van der Waals surface area contributed by atoms with E-state index in [1.54, 1.807) is 0 Å². The molecule has 1 aromatic heterocycles. The molecule has 0 saturated heterocycles. The summed E-state index contributed by atoms with van der Waals surface area (Å²) in [6.45, 7) is 6.26. The molecule has 0 unspecified atom stereocenters. The maximum atomic E-state index is 4.91. The van der Waals surface area contributed by atoms with Gasteiger partial charge in [0.1, 0.15) is 17.5 Å². The van der Waals surface area contributed by atoms with E-state index in [0.717, 1.165) is 41.4 Å². The minimum atomic E-state index is 0.324. The number of aromatic nitrogens is 2. The maximum Gasteiger partial charge on any atom is 0.135 e. The van der Waals surface area contributed by atoms with Crippen molar-refractivity contribution >= 4 is 27.6 Å². The minimum absolute atomic E-state index is 0.324. The molecule has 0 amide bonds. The van der Waals surface area contributed by atoms with Crippen molar-refractivity contribution in [3.05, 3.63) is 45.7 Å². The Bertz CT molecular complexity index is 799. The first-order valence-electron chi connectivity index (χ1n) is 10.3. The molecule has 5 heteroatoms. The summed E-state index contributed by atoms with van der Waals surface area (Å²) < 4.78 is 1.16. The van der Waals surface area contributed by atoms with Gasteiger partial charge in [0.25, 0.3) is 0 Å². The number of halogens is 1. The molecule has 2 heterocycles. The van der Waals surface area contributed by atoms with Crippen molar-refractivity contribution in [2.24, 2.45) is 0 Å². The summed E-state index contributed by atoms with van der Waals surface area (Å²) in [4.78, 5) is 12.1. The van der Waals surface area contributed by atoms with E-state index in [1.165, 1.54) is 43.2 Å². The van der Waals surface area contributed by atoms with Crippen molar-refractivity contribution in [2.75, 3.05) is 16.8 Å². The van der Waals surface area contributed by atoms with E-state index in [4.69, 9.17) is 9.97 Å². The van der Waals surface area contributed by atoms with E-state index < -0.39 is 0 Å². The topological polar surface area (TPSA) is 41.1 Å². The summed E-state index contributed by atoms with van der Waals surface area (Å²) in [5, 5.41) is 3.70. The molecule has 0 spiro atoms. The molecule has 1 aliphatic heterocycles. The van der Waals surface area contributed by atoms with Crippen LogP contribution in [0.25, 0.3) is 0 Å². The highest BCUT2D eigenvalue weighted by atomic mass is 79.9. The zero-order valence-corrected chi connectivity index (χ0v) is 17.9. The Morgan fingerprint density at radius 2 is 1.89 bits per heavy atom. The molecule has 27 heavy (non-hydrogen) atoms. The average molecular weight is 429 g/mol. The highest BCUT2D eigenvalue weighted by Crippen LogP contribution is 2.29. The number of nitrogens with one attached hydrogen (secondary N) is 1. The summed E-state index contributed by atoms with van der Waals surface area (Å²) in [7, 11) is 0. The molecule has 1 aromatic carbocycles. The molecule has 1 saturated carbocycles. The van der Waals surface area contributed by atoms with Gasteiger partial charge in [-0.15, -0.1) is 0 Å². The summed E-state index contributed by atoms with van der Waals surface area (Å²) in [5.74, 6) is 3.31. The van der Waals surface area contributed by atoms with Gasteiger partial charge in [-0.3, -0.25) is 0 Å². The van der Waals surface area contributed by atoms with Gasteiger partial charge in [-0.2, -0.15) is 0 Å². The molecular formula is C22H29BrN4. The van der Waals surface area contributed by atoms with Gasteiger partial charge >= 0.3 is 0 Å². The van der Waals surface area contributed by atoms with Gasteiger partial charge in [-0.05, 0) is 42.5 Å². The third kappa shape index (κ3) is 4.45. The van der Waals surface area contributed by atoms with Crippen LogP contribution < -0.4 is 10.2 Å². The van der Waals surface area contributed by atoms with E-state index in [-0.39, 0.29) is 0 Å². The van der Waals surface area contributed by atoms with Crippen molar-refractivity contribution in [3.63, 3.8) is 0 Å². The van der Waals surface area contributed by atoms with Crippen molar-refractivity contribution in [1.82, 2.24) is 9.97 Å². The van der Waals surface area contributed by atoms with Gasteiger partial charge in [0, 0.05) is 35.6 Å². The monoisotopic (exact) mass is 428 g/mol. The number of fused-ring (bicyclic) bond motifs is 1. The molecular weight excluding hydrogens is 400 g/mol. The van der Waals surface area contributed by atoms with Crippen LogP contribution in [0.4, 0.5) is 11.6 Å². The predicted octanol–water partition coefficient (Wildman–Crippen LogP) is 5.67. The smallest absolute Gasteiger partial charge is 0.135 e. The molecule has 4 nitrogen and oxygen atoms in total. The molecule has 0 radical (unpaired) electrons. The molecule has 1 aliphatic carbocycles. The summed E-state index contributed by atoms with van der Waals surface area (Å²) in [5.41, 5.74) is 2.84. The number of anilines is 2. The Balaban J connectivity index is 1.58. The van der Waals surface area contributed by atoms with Crippen LogP contribution in [0.1, 0.15) is 68.8 Å². The van der Waals surface area contributed by atoms with Gasteiger partial charge in [0.05, 0.1) is 0 Å². The quantitative estimate of drug-likeness (QED) is 0.680. The number of hydrogen-bond acceptors (Lipinski definition) is 4. The first-order chi connectivity index (χ1) is 13.1. The number of hydrogen-bond donors (Lipinski definition) is 1. The highest BCUT2D eigenvalue weighted by molar-refractivity contribution is 9.10. The van der Waals surface area contributed by atoms with Crippen LogP contribution in [-0.2, 0) is 13.0 Å². The molecule has 144 valence electrons. The van der Waals surface area contributed by atoms with Crippen molar-refractivity contribution in [3.8, 4) is 0 Å². The fourth-order valence-electron chi connectivity index (χ4n) is 4.12. The fourth-order valence-corrected chi connectivity index (χ4v) is 4.53. The molecule has 0 atom stereocenters. The third-order valence-electron chi connectivity index (χ3n) is 5.71. The Hall–Kier alpha value is -1.62. The Morgan fingerprint density at radius 3 is 2.67 bits per heavy atom. The fraction of sp³-hybridized carbons (Fsp3) is 0.545. The Morgan fingerprint density at radius 1 is 1.07 bits per heavy atom. The van der Waals surface area contributed by atoms with Crippen LogP contribution in [0.15, 0.2) is 28.7 Å². The minimum Gasteiger partial charge on any atom is -0.367 e. The van der Waals surface area contributed by atoms with Crippen LogP contribution >= 0.6 is 15.9 Å². The lowest BCUT2D eigenvalue weighted by Crippen LogP contribution is -2.32. The molecule has 2 aliphatic rings. The summed E-state index contributed by atoms with van der Waals surface area (Å²) >= 11 is 3.59. The van der Waals surface area contributed by atoms with Crippen LogP contribution in [0.5, 0.6) is 0 Å². The zero-order valence-electron chi connectivity index (χ0n) is 16.3. The maximum absolute atomic E-state index is 4.91.